The zero-order valence-electron chi connectivity index (χ0n) is 14.9. The summed E-state index contributed by atoms with van der Waals surface area (Å²) in [5.74, 6) is -0.303. The van der Waals surface area contributed by atoms with Crippen molar-refractivity contribution in [1.82, 2.24) is 25.2 Å². The van der Waals surface area contributed by atoms with Gasteiger partial charge in [-0.3, -0.25) is 9.48 Å². The Labute approximate surface area is 150 Å². The maximum atomic E-state index is 11.9. The summed E-state index contributed by atoms with van der Waals surface area (Å²) in [6.45, 7) is 6.37. The van der Waals surface area contributed by atoms with E-state index < -0.39 is 12.0 Å². The third kappa shape index (κ3) is 4.15. The number of hydrogen-bond donors (Lipinski definition) is 2. The number of aryl methyl sites for hydroxylation is 2. The molecule has 2 N–H and O–H groups in total. The van der Waals surface area contributed by atoms with Crippen LogP contribution in [0.25, 0.3) is 11.4 Å². The van der Waals surface area contributed by atoms with E-state index in [-0.39, 0.29) is 12.4 Å². The molecular formula is C18H21N5O3. The third-order valence-electron chi connectivity index (χ3n) is 3.83. The fourth-order valence-electron chi connectivity index (χ4n) is 2.52. The Morgan fingerprint density at radius 2 is 2.04 bits per heavy atom. The number of rotatable bonds is 6. The quantitative estimate of drug-likeness (QED) is 0.697. The molecule has 0 bridgehead atoms. The van der Waals surface area contributed by atoms with E-state index in [0.29, 0.717) is 12.4 Å². The Hall–Kier alpha value is -3.00. The second kappa shape index (κ2) is 7.49. The average Bonchev–Trinajstić information content (AvgIpc) is 3.20. The summed E-state index contributed by atoms with van der Waals surface area (Å²) in [6.07, 6.45) is -0.643. The van der Waals surface area contributed by atoms with Crippen molar-refractivity contribution in [2.75, 3.05) is 6.54 Å². The van der Waals surface area contributed by atoms with Crippen molar-refractivity contribution in [3.63, 3.8) is 0 Å². The van der Waals surface area contributed by atoms with Crippen molar-refractivity contribution in [3.05, 3.63) is 53.2 Å². The van der Waals surface area contributed by atoms with Gasteiger partial charge in [-0.05, 0) is 32.4 Å². The first-order valence-corrected chi connectivity index (χ1v) is 8.32. The molecule has 0 unspecified atom stereocenters. The fraction of sp³-hybridized carbons (Fsp3) is 0.333. The van der Waals surface area contributed by atoms with Crippen LogP contribution in [-0.2, 0) is 6.54 Å². The third-order valence-corrected chi connectivity index (χ3v) is 3.83. The molecule has 0 radical (unpaired) electrons. The molecule has 0 saturated heterocycles. The summed E-state index contributed by atoms with van der Waals surface area (Å²) >= 11 is 0. The van der Waals surface area contributed by atoms with Crippen molar-refractivity contribution >= 4 is 5.91 Å². The van der Waals surface area contributed by atoms with Gasteiger partial charge in [0, 0.05) is 17.8 Å². The van der Waals surface area contributed by atoms with E-state index in [0.717, 1.165) is 22.5 Å². The molecule has 0 aliphatic heterocycles. The van der Waals surface area contributed by atoms with E-state index in [2.05, 4.69) is 20.6 Å². The van der Waals surface area contributed by atoms with Crippen LogP contribution in [0.3, 0.4) is 0 Å². The molecule has 1 aromatic carbocycles. The molecule has 0 fully saturated rings. The number of benzene rings is 1. The largest absolute Gasteiger partial charge is 0.392 e. The van der Waals surface area contributed by atoms with Gasteiger partial charge in [0.25, 0.3) is 0 Å². The van der Waals surface area contributed by atoms with Gasteiger partial charge in [0.2, 0.25) is 5.82 Å². The first-order chi connectivity index (χ1) is 12.4. The minimum atomic E-state index is -0.643. The van der Waals surface area contributed by atoms with Crippen molar-refractivity contribution < 1.29 is 14.4 Å². The average molecular weight is 355 g/mol. The lowest BCUT2D eigenvalue weighted by Gasteiger charge is -2.05. The highest BCUT2D eigenvalue weighted by atomic mass is 16.5. The molecule has 3 rings (SSSR count). The zero-order valence-corrected chi connectivity index (χ0v) is 14.9. The molecule has 1 amide bonds. The van der Waals surface area contributed by atoms with Crippen LogP contribution in [0, 0.1) is 13.8 Å². The van der Waals surface area contributed by atoms with E-state index in [4.69, 9.17) is 4.52 Å². The number of aliphatic hydroxyl groups is 1. The number of hydrogen-bond acceptors (Lipinski definition) is 6. The molecule has 0 aliphatic carbocycles. The molecule has 1 atom stereocenters. The first-order valence-electron chi connectivity index (χ1n) is 8.32. The van der Waals surface area contributed by atoms with Crippen molar-refractivity contribution in [3.8, 4) is 11.4 Å². The molecule has 136 valence electrons. The summed E-state index contributed by atoms with van der Waals surface area (Å²) in [5, 5.41) is 20.0. The van der Waals surface area contributed by atoms with Crippen LogP contribution in [0.5, 0.6) is 0 Å². The van der Waals surface area contributed by atoms with Crippen molar-refractivity contribution in [2.24, 2.45) is 0 Å². The normalized spacial score (nSPS) is 12.2. The zero-order chi connectivity index (χ0) is 18.7. The number of carbonyl (C=O) groups excluding carboxylic acids is 1. The maximum Gasteiger partial charge on any atom is 0.316 e. The second-order valence-electron chi connectivity index (χ2n) is 6.26. The van der Waals surface area contributed by atoms with Gasteiger partial charge in [-0.15, -0.1) is 0 Å². The highest BCUT2D eigenvalue weighted by Gasteiger charge is 2.16. The van der Waals surface area contributed by atoms with Gasteiger partial charge in [0.1, 0.15) is 0 Å². The number of nitrogens with one attached hydrogen (secondary N) is 1. The summed E-state index contributed by atoms with van der Waals surface area (Å²) in [6, 6.07) is 9.73. The van der Waals surface area contributed by atoms with Crippen LogP contribution in [0.4, 0.5) is 0 Å². The minimum Gasteiger partial charge on any atom is -0.392 e. The van der Waals surface area contributed by atoms with Gasteiger partial charge < -0.3 is 14.9 Å². The summed E-state index contributed by atoms with van der Waals surface area (Å²) in [4.78, 5) is 16.0. The first kappa shape index (κ1) is 17.8. The van der Waals surface area contributed by atoms with Crippen molar-refractivity contribution in [2.45, 2.75) is 33.4 Å². The second-order valence-corrected chi connectivity index (χ2v) is 6.26. The van der Waals surface area contributed by atoms with Gasteiger partial charge in [-0.2, -0.15) is 10.1 Å². The highest BCUT2D eigenvalue weighted by molar-refractivity contribution is 5.89. The van der Waals surface area contributed by atoms with Crippen molar-refractivity contribution in [1.29, 1.82) is 0 Å². The number of nitrogens with zero attached hydrogens (tertiary/aromatic N) is 4. The molecule has 2 aromatic heterocycles. The predicted octanol–water partition coefficient (Wildman–Crippen LogP) is 1.71. The Bertz CT molecular complexity index is 896. The molecule has 0 aliphatic rings. The molecule has 26 heavy (non-hydrogen) atoms. The SMILES string of the molecule is Cc1cc(C)n(Cc2ccc(-c3noc(C(=O)NC[C@@H](C)O)n3)cc2)n1. The van der Waals surface area contributed by atoms with Crippen LogP contribution in [0.1, 0.15) is 34.6 Å². The van der Waals surface area contributed by atoms with Gasteiger partial charge in [-0.1, -0.05) is 29.4 Å². The molecule has 8 heteroatoms. The van der Waals surface area contributed by atoms with E-state index >= 15 is 0 Å². The van der Waals surface area contributed by atoms with Gasteiger partial charge in [0.05, 0.1) is 18.3 Å². The lowest BCUT2D eigenvalue weighted by Crippen LogP contribution is -2.30. The lowest BCUT2D eigenvalue weighted by molar-refractivity contribution is 0.0880. The predicted molar refractivity (Wildman–Crippen MR) is 94.6 cm³/mol. The summed E-state index contributed by atoms with van der Waals surface area (Å²) in [5.41, 5.74) is 3.95. The molecule has 0 saturated carbocycles. The van der Waals surface area contributed by atoms with Gasteiger partial charge >= 0.3 is 11.8 Å². The Morgan fingerprint density at radius 1 is 1.31 bits per heavy atom. The van der Waals surface area contributed by atoms with Crippen LogP contribution in [0.15, 0.2) is 34.9 Å². The van der Waals surface area contributed by atoms with Crippen LogP contribution >= 0.6 is 0 Å². The summed E-state index contributed by atoms with van der Waals surface area (Å²) < 4.78 is 6.94. The van der Waals surface area contributed by atoms with E-state index in [1.807, 2.05) is 48.9 Å². The van der Waals surface area contributed by atoms with E-state index in [9.17, 15) is 9.90 Å². The lowest BCUT2D eigenvalue weighted by atomic mass is 10.1. The standard InChI is InChI=1S/C18H21N5O3/c1-11-8-12(2)23(21-11)10-14-4-6-15(7-5-14)16-20-18(26-22-16)17(25)19-9-13(3)24/h4-8,13,24H,9-10H2,1-3H3,(H,19,25)/t13-/m1/s1. The van der Waals surface area contributed by atoms with Crippen LogP contribution in [-0.4, -0.2) is 43.6 Å². The number of carbonyl (C=O) groups is 1. The highest BCUT2D eigenvalue weighted by Crippen LogP contribution is 2.17. The molecule has 0 spiro atoms. The smallest absolute Gasteiger partial charge is 0.316 e. The number of amides is 1. The molecular weight excluding hydrogens is 334 g/mol. The number of aromatic nitrogens is 4. The minimum absolute atomic E-state index is 0.123. The Morgan fingerprint density at radius 3 is 2.65 bits per heavy atom. The summed E-state index contributed by atoms with van der Waals surface area (Å²) in [7, 11) is 0. The topological polar surface area (TPSA) is 106 Å². The fourth-order valence-corrected chi connectivity index (χ4v) is 2.52. The molecule has 2 heterocycles. The van der Waals surface area contributed by atoms with Crippen LogP contribution < -0.4 is 5.32 Å². The maximum absolute atomic E-state index is 11.9. The monoisotopic (exact) mass is 355 g/mol. The van der Waals surface area contributed by atoms with Gasteiger partial charge in [-0.25, -0.2) is 0 Å². The van der Waals surface area contributed by atoms with E-state index in [1.165, 1.54) is 0 Å². The Kier molecular flexibility index (Phi) is 5.13. The number of aliphatic hydroxyl groups excluding tert-OH is 1. The molecule has 3 aromatic rings. The Balaban J connectivity index is 1.69. The van der Waals surface area contributed by atoms with Gasteiger partial charge in [0.15, 0.2) is 0 Å². The molecule has 8 nitrogen and oxygen atoms in total. The van der Waals surface area contributed by atoms with Crippen LogP contribution in [0.2, 0.25) is 0 Å². The van der Waals surface area contributed by atoms with E-state index in [1.54, 1.807) is 6.92 Å².